The fourth-order valence-corrected chi connectivity index (χ4v) is 1.04. The van der Waals surface area contributed by atoms with Crippen molar-refractivity contribution in [3.05, 3.63) is 55.3 Å². The molecule has 0 saturated heterocycles. The Balaban J connectivity index is 2.89. The first-order chi connectivity index (χ1) is 6.77. The van der Waals surface area contributed by atoms with Crippen LogP contribution in [0.25, 0.3) is 0 Å². The highest BCUT2D eigenvalue weighted by Crippen LogP contribution is 2.15. The van der Waals surface area contributed by atoms with Gasteiger partial charge in [-0.25, -0.2) is 5.01 Å². The van der Waals surface area contributed by atoms with Gasteiger partial charge < -0.3 is 0 Å². The van der Waals surface area contributed by atoms with Crippen LogP contribution in [0.3, 0.4) is 0 Å². The fraction of sp³-hybridized carbons (Fsp3) is 0.0833. The van der Waals surface area contributed by atoms with E-state index < -0.39 is 0 Å². The molecule has 2 nitrogen and oxygen atoms in total. The van der Waals surface area contributed by atoms with Crippen LogP contribution in [0.4, 0.5) is 5.69 Å². The average Bonchev–Trinajstić information content (AvgIpc) is 2.21. The summed E-state index contributed by atoms with van der Waals surface area (Å²) in [5.74, 6) is 0. The van der Waals surface area contributed by atoms with Gasteiger partial charge in [0.2, 0.25) is 0 Å². The number of rotatable bonds is 4. The molecule has 2 heteroatoms. The van der Waals surface area contributed by atoms with Gasteiger partial charge in [0.05, 0.1) is 5.69 Å². The fourth-order valence-electron chi connectivity index (χ4n) is 1.04. The Bertz CT molecular complexity index is 336. The molecule has 0 unspecified atom stereocenters. The molecule has 14 heavy (non-hydrogen) atoms. The predicted molar refractivity (Wildman–Crippen MR) is 62.5 cm³/mol. The van der Waals surface area contributed by atoms with Gasteiger partial charge in [0.1, 0.15) is 0 Å². The molecule has 0 aliphatic carbocycles. The van der Waals surface area contributed by atoms with Crippen LogP contribution in [0, 0.1) is 6.92 Å². The molecule has 0 atom stereocenters. The van der Waals surface area contributed by atoms with Gasteiger partial charge in [-0.2, -0.15) is 5.10 Å². The Kier molecular flexibility index (Phi) is 3.68. The summed E-state index contributed by atoms with van der Waals surface area (Å²) in [5.41, 5.74) is 2.22. The maximum absolute atomic E-state index is 4.13. The number of hydrogen-bond donors (Lipinski definition) is 0. The minimum absolute atomic E-state index is 0.990. The number of hydrazone groups is 1. The number of allylic oxidation sites excluding steroid dienone is 1. The van der Waals surface area contributed by atoms with Crippen molar-refractivity contribution in [2.24, 2.45) is 5.10 Å². The zero-order valence-electron chi connectivity index (χ0n) is 8.35. The molecule has 0 bridgehead atoms. The maximum Gasteiger partial charge on any atom is 0.0645 e. The normalized spacial score (nSPS) is 10.1. The second-order valence-corrected chi connectivity index (χ2v) is 2.86. The first-order valence-corrected chi connectivity index (χ1v) is 4.41. The van der Waals surface area contributed by atoms with E-state index in [0.29, 0.717) is 0 Å². The summed E-state index contributed by atoms with van der Waals surface area (Å²) in [7, 11) is 0. The standard InChI is InChI=1S/C12H14N2/c1-4-10-13-14(5-2)12-8-6-11(3)7-9-12/h4-10H,1-2H2,3H3/b13-10-. The molecule has 0 radical (unpaired) electrons. The SMILES string of the molecule is C=C/C=N\N(C=C)c1ccc(C)cc1. The highest BCUT2D eigenvalue weighted by molar-refractivity contribution is 5.71. The van der Waals surface area contributed by atoms with Gasteiger partial charge >= 0.3 is 0 Å². The van der Waals surface area contributed by atoms with Crippen molar-refractivity contribution in [2.45, 2.75) is 6.92 Å². The number of anilines is 1. The second-order valence-electron chi connectivity index (χ2n) is 2.86. The quantitative estimate of drug-likeness (QED) is 0.521. The minimum Gasteiger partial charge on any atom is -0.242 e. The third-order valence-electron chi connectivity index (χ3n) is 1.77. The largest absolute Gasteiger partial charge is 0.242 e. The van der Waals surface area contributed by atoms with Gasteiger partial charge in [0.15, 0.2) is 0 Å². The van der Waals surface area contributed by atoms with Crippen LogP contribution in [0.1, 0.15) is 5.56 Å². The van der Waals surface area contributed by atoms with Crippen molar-refractivity contribution in [1.29, 1.82) is 0 Å². The summed E-state index contributed by atoms with van der Waals surface area (Å²) in [5, 5.41) is 5.83. The van der Waals surface area contributed by atoms with E-state index in [1.165, 1.54) is 5.56 Å². The number of hydrogen-bond acceptors (Lipinski definition) is 2. The Morgan fingerprint density at radius 1 is 1.21 bits per heavy atom. The molecular weight excluding hydrogens is 172 g/mol. The summed E-state index contributed by atoms with van der Waals surface area (Å²) >= 11 is 0. The molecule has 0 aliphatic heterocycles. The van der Waals surface area contributed by atoms with Crippen molar-refractivity contribution >= 4 is 11.9 Å². The lowest BCUT2D eigenvalue weighted by atomic mass is 10.2. The second kappa shape index (κ2) is 5.02. The van der Waals surface area contributed by atoms with Gasteiger partial charge in [-0.15, -0.1) is 0 Å². The molecule has 0 fully saturated rings. The number of aryl methyl sites for hydroxylation is 1. The highest BCUT2D eigenvalue weighted by atomic mass is 15.4. The molecule has 0 N–H and O–H groups in total. The molecule has 0 spiro atoms. The van der Waals surface area contributed by atoms with Gasteiger partial charge in [-0.3, -0.25) is 0 Å². The van der Waals surface area contributed by atoms with Crippen LogP contribution < -0.4 is 5.01 Å². The van der Waals surface area contributed by atoms with Gasteiger partial charge in [0, 0.05) is 12.4 Å². The lowest BCUT2D eigenvalue weighted by Gasteiger charge is -2.13. The monoisotopic (exact) mass is 186 g/mol. The summed E-state index contributed by atoms with van der Waals surface area (Å²) in [6.07, 6.45) is 4.91. The van der Waals surface area contributed by atoms with Gasteiger partial charge in [0.25, 0.3) is 0 Å². The van der Waals surface area contributed by atoms with Crippen molar-refractivity contribution in [1.82, 2.24) is 0 Å². The molecule has 72 valence electrons. The Hall–Kier alpha value is -1.83. The van der Waals surface area contributed by atoms with E-state index in [1.54, 1.807) is 23.5 Å². The molecule has 1 aromatic carbocycles. The third kappa shape index (κ3) is 2.59. The van der Waals surface area contributed by atoms with E-state index >= 15 is 0 Å². The number of nitrogens with zero attached hydrogens (tertiary/aromatic N) is 2. The summed E-state index contributed by atoms with van der Waals surface area (Å²) < 4.78 is 0. The van der Waals surface area contributed by atoms with Crippen LogP contribution in [0.5, 0.6) is 0 Å². The first kappa shape index (κ1) is 10.3. The molecule has 0 amide bonds. The number of benzene rings is 1. The minimum atomic E-state index is 0.990. The van der Waals surface area contributed by atoms with E-state index in [2.05, 4.69) is 25.2 Å². The van der Waals surface area contributed by atoms with Crippen LogP contribution in [0.2, 0.25) is 0 Å². The van der Waals surface area contributed by atoms with E-state index in [0.717, 1.165) is 5.69 Å². The molecule has 0 heterocycles. The smallest absolute Gasteiger partial charge is 0.0645 e. The zero-order chi connectivity index (χ0) is 10.4. The van der Waals surface area contributed by atoms with E-state index in [4.69, 9.17) is 0 Å². The average molecular weight is 186 g/mol. The van der Waals surface area contributed by atoms with Crippen molar-refractivity contribution < 1.29 is 0 Å². The van der Waals surface area contributed by atoms with Gasteiger partial charge in [-0.05, 0) is 25.1 Å². The Labute approximate surface area is 84.9 Å². The lowest BCUT2D eigenvalue weighted by Crippen LogP contribution is -2.06. The zero-order valence-corrected chi connectivity index (χ0v) is 8.35. The van der Waals surface area contributed by atoms with Crippen LogP contribution >= 0.6 is 0 Å². The van der Waals surface area contributed by atoms with E-state index in [9.17, 15) is 0 Å². The Morgan fingerprint density at radius 2 is 1.86 bits per heavy atom. The summed E-state index contributed by atoms with van der Waals surface area (Å²) in [6, 6.07) is 8.07. The molecular formula is C12H14N2. The molecule has 0 aromatic heterocycles. The van der Waals surface area contributed by atoms with Crippen molar-refractivity contribution in [3.8, 4) is 0 Å². The van der Waals surface area contributed by atoms with Crippen LogP contribution in [-0.2, 0) is 0 Å². The molecule has 0 aliphatic rings. The first-order valence-electron chi connectivity index (χ1n) is 4.41. The molecule has 1 rings (SSSR count). The summed E-state index contributed by atoms with van der Waals surface area (Å²) in [4.78, 5) is 0. The Morgan fingerprint density at radius 3 is 2.36 bits per heavy atom. The maximum atomic E-state index is 4.13. The predicted octanol–water partition coefficient (Wildman–Crippen LogP) is 3.12. The third-order valence-corrected chi connectivity index (χ3v) is 1.77. The van der Waals surface area contributed by atoms with Crippen molar-refractivity contribution in [2.75, 3.05) is 5.01 Å². The van der Waals surface area contributed by atoms with Gasteiger partial charge in [-0.1, -0.05) is 30.9 Å². The molecule has 1 aromatic rings. The highest BCUT2D eigenvalue weighted by Gasteiger charge is 1.97. The topological polar surface area (TPSA) is 15.6 Å². The molecule has 0 saturated carbocycles. The van der Waals surface area contributed by atoms with Crippen LogP contribution in [-0.4, -0.2) is 6.21 Å². The van der Waals surface area contributed by atoms with E-state index in [1.807, 2.05) is 24.3 Å². The van der Waals surface area contributed by atoms with E-state index in [-0.39, 0.29) is 0 Å². The van der Waals surface area contributed by atoms with Crippen LogP contribution in [0.15, 0.2) is 54.8 Å². The lowest BCUT2D eigenvalue weighted by molar-refractivity contribution is 1.09. The summed E-state index contributed by atoms with van der Waals surface area (Å²) in [6.45, 7) is 9.31. The van der Waals surface area contributed by atoms with Crippen molar-refractivity contribution in [3.63, 3.8) is 0 Å².